The number of benzene rings is 1. The third-order valence-corrected chi connectivity index (χ3v) is 3.18. The molecule has 0 N–H and O–H groups in total. The van der Waals surface area contributed by atoms with Crippen LogP contribution in [-0.2, 0) is 0 Å². The van der Waals surface area contributed by atoms with Crippen molar-refractivity contribution < 1.29 is 8.78 Å². The highest BCUT2D eigenvalue weighted by atomic mass is 19.2. The molecule has 0 unspecified atom stereocenters. The molecule has 0 saturated heterocycles. The Morgan fingerprint density at radius 1 is 0.773 bits per heavy atom. The van der Waals surface area contributed by atoms with Crippen molar-refractivity contribution in [3.63, 3.8) is 0 Å². The van der Waals surface area contributed by atoms with E-state index in [0.29, 0.717) is 5.69 Å². The Labute approximate surface area is 125 Å². The first-order chi connectivity index (χ1) is 10.6. The van der Waals surface area contributed by atoms with Crippen molar-refractivity contribution in [1.82, 2.24) is 20.2 Å². The molecule has 0 aliphatic carbocycles. The van der Waals surface area contributed by atoms with Gasteiger partial charge in [0.1, 0.15) is 0 Å². The SMILES string of the molecule is Cc1cnc(-c2ccc(-c3ccc(C)nn3)c(F)c2F)nc1. The van der Waals surface area contributed by atoms with Crippen molar-refractivity contribution in [2.45, 2.75) is 13.8 Å². The molecular formula is C16H12F2N4. The average Bonchev–Trinajstić information content (AvgIpc) is 2.52. The lowest BCUT2D eigenvalue weighted by molar-refractivity contribution is 0.512. The maximum Gasteiger partial charge on any atom is 0.170 e. The number of hydrogen-bond donors (Lipinski definition) is 0. The van der Waals surface area contributed by atoms with E-state index in [0.717, 1.165) is 5.56 Å². The molecule has 2 heterocycles. The average molecular weight is 298 g/mol. The van der Waals surface area contributed by atoms with Gasteiger partial charge in [0.05, 0.1) is 17.0 Å². The van der Waals surface area contributed by atoms with Crippen LogP contribution in [-0.4, -0.2) is 20.2 Å². The fourth-order valence-corrected chi connectivity index (χ4v) is 1.99. The summed E-state index contributed by atoms with van der Waals surface area (Å²) in [7, 11) is 0. The standard InChI is InChI=1S/C16H12F2N4/c1-9-7-19-16(20-8-9)12-5-4-11(14(17)15(12)18)13-6-3-10(2)21-22-13/h3-8H,1-2H3. The van der Waals surface area contributed by atoms with Gasteiger partial charge in [0.25, 0.3) is 0 Å². The molecule has 0 radical (unpaired) electrons. The fraction of sp³-hybridized carbons (Fsp3) is 0.125. The Kier molecular flexibility index (Phi) is 3.58. The minimum atomic E-state index is -0.997. The topological polar surface area (TPSA) is 51.6 Å². The van der Waals surface area contributed by atoms with E-state index in [4.69, 9.17) is 0 Å². The Morgan fingerprint density at radius 2 is 1.41 bits per heavy atom. The quantitative estimate of drug-likeness (QED) is 0.726. The van der Waals surface area contributed by atoms with Gasteiger partial charge in [0, 0.05) is 18.0 Å². The van der Waals surface area contributed by atoms with Crippen LogP contribution in [0.1, 0.15) is 11.3 Å². The molecule has 3 rings (SSSR count). The Balaban J connectivity index is 2.08. The van der Waals surface area contributed by atoms with E-state index in [-0.39, 0.29) is 22.6 Å². The third kappa shape index (κ3) is 2.55. The monoisotopic (exact) mass is 298 g/mol. The molecule has 110 valence electrons. The van der Waals surface area contributed by atoms with E-state index in [1.165, 1.54) is 12.1 Å². The molecular weight excluding hydrogens is 286 g/mol. The van der Waals surface area contributed by atoms with Crippen molar-refractivity contribution >= 4 is 0 Å². The number of hydrogen-bond acceptors (Lipinski definition) is 4. The zero-order valence-corrected chi connectivity index (χ0v) is 12.0. The maximum atomic E-state index is 14.3. The second kappa shape index (κ2) is 5.55. The molecule has 3 aromatic rings. The zero-order valence-electron chi connectivity index (χ0n) is 12.0. The number of halogens is 2. The fourth-order valence-electron chi connectivity index (χ4n) is 1.99. The van der Waals surface area contributed by atoms with Gasteiger partial charge < -0.3 is 0 Å². The number of nitrogens with zero attached hydrogens (tertiary/aromatic N) is 4. The highest BCUT2D eigenvalue weighted by Crippen LogP contribution is 2.28. The van der Waals surface area contributed by atoms with Gasteiger partial charge in [-0.15, -0.1) is 0 Å². The smallest absolute Gasteiger partial charge is 0.170 e. The molecule has 0 atom stereocenters. The van der Waals surface area contributed by atoms with Gasteiger partial charge in [-0.3, -0.25) is 0 Å². The predicted octanol–water partition coefficient (Wildman–Crippen LogP) is 3.50. The second-order valence-corrected chi connectivity index (χ2v) is 4.93. The van der Waals surface area contributed by atoms with Crippen molar-refractivity contribution in [3.8, 4) is 22.6 Å². The van der Waals surface area contributed by atoms with Crippen LogP contribution < -0.4 is 0 Å². The first-order valence-electron chi connectivity index (χ1n) is 6.64. The van der Waals surface area contributed by atoms with Crippen LogP contribution in [0.15, 0.2) is 36.7 Å². The summed E-state index contributed by atoms with van der Waals surface area (Å²) in [5.41, 5.74) is 1.89. The summed E-state index contributed by atoms with van der Waals surface area (Å²) >= 11 is 0. The van der Waals surface area contributed by atoms with Crippen molar-refractivity contribution in [2.75, 3.05) is 0 Å². The largest absolute Gasteiger partial charge is 0.236 e. The molecule has 4 nitrogen and oxygen atoms in total. The molecule has 6 heteroatoms. The van der Waals surface area contributed by atoms with Gasteiger partial charge in [-0.2, -0.15) is 10.2 Å². The third-order valence-electron chi connectivity index (χ3n) is 3.18. The molecule has 0 saturated carbocycles. The molecule has 0 amide bonds. The molecule has 0 spiro atoms. The maximum absolute atomic E-state index is 14.3. The van der Waals surface area contributed by atoms with Crippen LogP contribution in [0.2, 0.25) is 0 Å². The van der Waals surface area contributed by atoms with Gasteiger partial charge >= 0.3 is 0 Å². The molecule has 0 aliphatic heterocycles. The van der Waals surface area contributed by atoms with Gasteiger partial charge in [-0.1, -0.05) is 0 Å². The first-order valence-corrected chi connectivity index (χ1v) is 6.64. The summed E-state index contributed by atoms with van der Waals surface area (Å²) in [6.45, 7) is 3.59. The summed E-state index contributed by atoms with van der Waals surface area (Å²) in [5.74, 6) is -1.84. The van der Waals surface area contributed by atoms with Crippen LogP contribution in [0.25, 0.3) is 22.6 Å². The van der Waals surface area contributed by atoms with E-state index < -0.39 is 11.6 Å². The van der Waals surface area contributed by atoms with Gasteiger partial charge in [-0.05, 0) is 43.7 Å². The lowest BCUT2D eigenvalue weighted by atomic mass is 10.1. The van der Waals surface area contributed by atoms with Crippen LogP contribution in [0.3, 0.4) is 0 Å². The Bertz CT molecular complexity index is 744. The van der Waals surface area contributed by atoms with Crippen molar-refractivity contribution in [3.05, 3.63) is 59.6 Å². The highest BCUT2D eigenvalue weighted by Gasteiger charge is 2.18. The second-order valence-electron chi connectivity index (χ2n) is 4.93. The van der Waals surface area contributed by atoms with Crippen LogP contribution in [0, 0.1) is 25.5 Å². The lowest BCUT2D eigenvalue weighted by Gasteiger charge is -2.07. The predicted molar refractivity (Wildman–Crippen MR) is 77.9 cm³/mol. The summed E-state index contributed by atoms with van der Waals surface area (Å²) in [6, 6.07) is 6.19. The number of rotatable bonds is 2. The van der Waals surface area contributed by atoms with E-state index in [2.05, 4.69) is 20.2 Å². The van der Waals surface area contributed by atoms with E-state index in [1.54, 1.807) is 31.5 Å². The molecule has 2 aromatic heterocycles. The Morgan fingerprint density at radius 3 is 2.05 bits per heavy atom. The van der Waals surface area contributed by atoms with Gasteiger partial charge in [0.15, 0.2) is 17.5 Å². The van der Waals surface area contributed by atoms with Crippen LogP contribution in [0.4, 0.5) is 8.78 Å². The normalized spacial score (nSPS) is 10.7. The van der Waals surface area contributed by atoms with Crippen LogP contribution >= 0.6 is 0 Å². The summed E-state index contributed by atoms with van der Waals surface area (Å²) in [4.78, 5) is 8.04. The van der Waals surface area contributed by atoms with Gasteiger partial charge in [-0.25, -0.2) is 18.7 Å². The van der Waals surface area contributed by atoms with E-state index >= 15 is 0 Å². The summed E-state index contributed by atoms with van der Waals surface area (Å²) in [5, 5.41) is 7.73. The Hall–Kier alpha value is -2.76. The number of aromatic nitrogens is 4. The molecule has 0 aliphatic rings. The van der Waals surface area contributed by atoms with Gasteiger partial charge in [0.2, 0.25) is 0 Å². The minimum absolute atomic E-state index is 0.0151. The summed E-state index contributed by atoms with van der Waals surface area (Å²) < 4.78 is 28.6. The van der Waals surface area contributed by atoms with Crippen molar-refractivity contribution in [1.29, 1.82) is 0 Å². The van der Waals surface area contributed by atoms with Crippen LogP contribution in [0.5, 0.6) is 0 Å². The van der Waals surface area contributed by atoms with E-state index in [1.807, 2.05) is 6.92 Å². The first kappa shape index (κ1) is 14.2. The molecule has 22 heavy (non-hydrogen) atoms. The van der Waals surface area contributed by atoms with Crippen molar-refractivity contribution in [2.24, 2.45) is 0 Å². The number of aryl methyl sites for hydroxylation is 2. The molecule has 0 fully saturated rings. The molecule has 1 aromatic carbocycles. The minimum Gasteiger partial charge on any atom is -0.236 e. The lowest BCUT2D eigenvalue weighted by Crippen LogP contribution is -1.99. The van der Waals surface area contributed by atoms with E-state index in [9.17, 15) is 8.78 Å². The molecule has 0 bridgehead atoms. The summed E-state index contributed by atoms with van der Waals surface area (Å²) in [6.07, 6.45) is 3.11. The highest BCUT2D eigenvalue weighted by molar-refractivity contribution is 5.66. The zero-order chi connectivity index (χ0) is 15.7.